The van der Waals surface area contributed by atoms with Gasteiger partial charge < -0.3 is 9.52 Å². The van der Waals surface area contributed by atoms with Crippen LogP contribution in [0.25, 0.3) is 11.0 Å². The van der Waals surface area contributed by atoms with E-state index >= 15 is 0 Å². The lowest BCUT2D eigenvalue weighted by Gasteiger charge is -2.02. The number of rotatable bonds is 3. The van der Waals surface area contributed by atoms with Crippen LogP contribution in [0, 0.1) is 0 Å². The van der Waals surface area contributed by atoms with E-state index in [1.165, 1.54) is 11.8 Å². The van der Waals surface area contributed by atoms with E-state index in [4.69, 9.17) is 9.52 Å². The molecule has 19 heavy (non-hydrogen) atoms. The Morgan fingerprint density at radius 1 is 1.16 bits per heavy atom. The third kappa shape index (κ3) is 2.32. The monoisotopic (exact) mass is 271 g/mol. The zero-order valence-corrected chi connectivity index (χ0v) is 10.6. The van der Waals surface area contributed by atoms with E-state index in [9.17, 15) is 4.79 Å². The van der Waals surface area contributed by atoms with Crippen molar-refractivity contribution in [1.29, 1.82) is 0 Å². The molecule has 5 heteroatoms. The lowest BCUT2D eigenvalue weighted by molar-refractivity contribution is 0.0697. The van der Waals surface area contributed by atoms with Crippen molar-refractivity contribution in [2.45, 2.75) is 9.92 Å². The number of pyridine rings is 1. The lowest BCUT2D eigenvalue weighted by Crippen LogP contribution is -1.94. The zero-order valence-electron chi connectivity index (χ0n) is 9.74. The molecule has 3 aromatic rings. The maximum Gasteiger partial charge on any atom is 0.335 e. The minimum Gasteiger partial charge on any atom is -0.478 e. The largest absolute Gasteiger partial charge is 0.478 e. The van der Waals surface area contributed by atoms with Gasteiger partial charge in [0.15, 0.2) is 0 Å². The molecule has 0 aliphatic carbocycles. The van der Waals surface area contributed by atoms with Crippen molar-refractivity contribution < 1.29 is 14.3 Å². The molecule has 1 aromatic carbocycles. The fourth-order valence-corrected chi connectivity index (χ4v) is 2.62. The maximum atomic E-state index is 10.8. The third-order valence-corrected chi connectivity index (χ3v) is 3.69. The number of furan rings is 1. The van der Waals surface area contributed by atoms with Crippen molar-refractivity contribution >= 4 is 28.7 Å². The molecule has 0 aliphatic heterocycles. The first kappa shape index (κ1) is 11.8. The molecule has 0 saturated heterocycles. The Hall–Kier alpha value is -2.27. The van der Waals surface area contributed by atoms with Crippen LogP contribution in [0.1, 0.15) is 10.4 Å². The van der Waals surface area contributed by atoms with Crippen LogP contribution >= 0.6 is 11.8 Å². The summed E-state index contributed by atoms with van der Waals surface area (Å²) in [7, 11) is 0. The molecule has 2 aromatic heterocycles. The summed E-state index contributed by atoms with van der Waals surface area (Å²) in [4.78, 5) is 16.0. The Kier molecular flexibility index (Phi) is 2.97. The van der Waals surface area contributed by atoms with Gasteiger partial charge in [0.25, 0.3) is 0 Å². The topological polar surface area (TPSA) is 63.3 Å². The van der Waals surface area contributed by atoms with Crippen molar-refractivity contribution in [3.8, 4) is 0 Å². The van der Waals surface area contributed by atoms with Crippen LogP contribution in [0.3, 0.4) is 0 Å². The molecule has 0 atom stereocenters. The number of aromatic nitrogens is 1. The third-order valence-electron chi connectivity index (χ3n) is 2.66. The van der Waals surface area contributed by atoms with Crippen molar-refractivity contribution in [2.75, 3.05) is 0 Å². The molecule has 1 N–H and O–H groups in total. The van der Waals surface area contributed by atoms with Crippen molar-refractivity contribution in [3.05, 3.63) is 54.4 Å². The summed E-state index contributed by atoms with van der Waals surface area (Å²) >= 11 is 1.48. The maximum absolute atomic E-state index is 10.8. The fourth-order valence-electron chi connectivity index (χ4n) is 1.73. The SMILES string of the molecule is O=C(O)c1ccc(Sc2nccc3occc23)cc1. The molecule has 4 nitrogen and oxygen atoms in total. The van der Waals surface area contributed by atoms with E-state index in [1.807, 2.05) is 12.1 Å². The van der Waals surface area contributed by atoms with Gasteiger partial charge in [-0.15, -0.1) is 0 Å². The molecule has 0 unspecified atom stereocenters. The van der Waals surface area contributed by atoms with E-state index in [2.05, 4.69) is 4.98 Å². The molecular formula is C14H9NO3S. The number of carboxylic acid groups (broad SMARTS) is 1. The summed E-state index contributed by atoms with van der Waals surface area (Å²) in [5, 5.41) is 10.6. The standard InChI is InChI=1S/C14H9NO3S/c16-14(17)9-1-3-10(4-2-9)19-13-11-6-8-18-12(11)5-7-15-13/h1-8H,(H,16,17). The summed E-state index contributed by atoms with van der Waals surface area (Å²) in [5.74, 6) is -0.924. The molecule has 3 rings (SSSR count). The van der Waals surface area contributed by atoms with Crippen LogP contribution in [0.2, 0.25) is 0 Å². The number of carboxylic acids is 1. The van der Waals surface area contributed by atoms with Gasteiger partial charge in [0.1, 0.15) is 10.6 Å². The number of hydrogen-bond acceptors (Lipinski definition) is 4. The molecule has 0 bridgehead atoms. The zero-order chi connectivity index (χ0) is 13.2. The molecule has 94 valence electrons. The Balaban J connectivity index is 1.92. The van der Waals surface area contributed by atoms with Gasteiger partial charge in [-0.25, -0.2) is 9.78 Å². The Morgan fingerprint density at radius 3 is 2.68 bits per heavy atom. The first-order chi connectivity index (χ1) is 9.24. The highest BCUT2D eigenvalue weighted by atomic mass is 32.2. The number of aromatic carboxylic acids is 1. The molecule has 0 amide bonds. The Bertz CT molecular complexity index is 734. The minimum absolute atomic E-state index is 0.277. The molecular weight excluding hydrogens is 262 g/mol. The van der Waals surface area contributed by atoms with Gasteiger partial charge in [-0.05, 0) is 36.4 Å². The number of benzene rings is 1. The molecule has 0 radical (unpaired) electrons. The predicted octanol–water partition coefficient (Wildman–Crippen LogP) is 3.68. The minimum atomic E-state index is -0.924. The summed E-state index contributed by atoms with van der Waals surface area (Å²) in [5.41, 5.74) is 1.07. The van der Waals surface area contributed by atoms with Crippen LogP contribution in [0.4, 0.5) is 0 Å². The average Bonchev–Trinajstić information content (AvgIpc) is 2.89. The van der Waals surface area contributed by atoms with E-state index < -0.39 is 5.97 Å². The quantitative estimate of drug-likeness (QED) is 0.787. The van der Waals surface area contributed by atoms with Crippen molar-refractivity contribution in [1.82, 2.24) is 4.98 Å². The van der Waals surface area contributed by atoms with E-state index in [-0.39, 0.29) is 5.56 Å². The highest BCUT2D eigenvalue weighted by Crippen LogP contribution is 2.32. The summed E-state index contributed by atoms with van der Waals surface area (Å²) < 4.78 is 5.32. The first-order valence-corrected chi connectivity index (χ1v) is 6.39. The Labute approximate surface area is 113 Å². The molecule has 0 spiro atoms. The second-order valence-electron chi connectivity index (χ2n) is 3.88. The van der Waals surface area contributed by atoms with Crippen molar-refractivity contribution in [2.24, 2.45) is 0 Å². The summed E-state index contributed by atoms with van der Waals surface area (Å²) in [6, 6.07) is 10.4. The van der Waals surface area contributed by atoms with Crippen LogP contribution in [0.15, 0.2) is 63.2 Å². The van der Waals surface area contributed by atoms with Gasteiger partial charge in [-0.3, -0.25) is 0 Å². The molecule has 0 fully saturated rings. The van der Waals surface area contributed by atoms with Crippen LogP contribution in [0.5, 0.6) is 0 Å². The van der Waals surface area contributed by atoms with E-state index in [1.54, 1.807) is 36.7 Å². The normalized spacial score (nSPS) is 10.7. The van der Waals surface area contributed by atoms with Crippen LogP contribution in [-0.4, -0.2) is 16.1 Å². The predicted molar refractivity (Wildman–Crippen MR) is 71.5 cm³/mol. The number of fused-ring (bicyclic) bond motifs is 1. The molecule has 0 saturated carbocycles. The van der Waals surface area contributed by atoms with E-state index in [0.717, 1.165) is 20.9 Å². The summed E-state index contributed by atoms with van der Waals surface area (Å²) in [6.07, 6.45) is 3.32. The lowest BCUT2D eigenvalue weighted by atomic mass is 10.2. The van der Waals surface area contributed by atoms with Gasteiger partial charge >= 0.3 is 5.97 Å². The van der Waals surface area contributed by atoms with Crippen molar-refractivity contribution in [3.63, 3.8) is 0 Å². The van der Waals surface area contributed by atoms with Gasteiger partial charge in [0.05, 0.1) is 17.2 Å². The van der Waals surface area contributed by atoms with Gasteiger partial charge in [-0.1, -0.05) is 11.8 Å². The number of nitrogens with zero attached hydrogens (tertiary/aromatic N) is 1. The van der Waals surface area contributed by atoms with Crippen LogP contribution < -0.4 is 0 Å². The Morgan fingerprint density at radius 2 is 1.95 bits per heavy atom. The highest BCUT2D eigenvalue weighted by Gasteiger charge is 2.07. The highest BCUT2D eigenvalue weighted by molar-refractivity contribution is 7.99. The molecule has 2 heterocycles. The number of carbonyl (C=O) groups is 1. The van der Waals surface area contributed by atoms with Gasteiger partial charge in [-0.2, -0.15) is 0 Å². The fraction of sp³-hybridized carbons (Fsp3) is 0. The van der Waals surface area contributed by atoms with Gasteiger partial charge in [0.2, 0.25) is 0 Å². The second-order valence-corrected chi connectivity index (χ2v) is 4.94. The molecule has 0 aliphatic rings. The van der Waals surface area contributed by atoms with Gasteiger partial charge in [0, 0.05) is 11.1 Å². The first-order valence-electron chi connectivity index (χ1n) is 5.57. The average molecular weight is 271 g/mol. The number of hydrogen-bond donors (Lipinski definition) is 1. The summed E-state index contributed by atoms with van der Waals surface area (Å²) in [6.45, 7) is 0. The van der Waals surface area contributed by atoms with E-state index in [0.29, 0.717) is 0 Å². The van der Waals surface area contributed by atoms with Crippen LogP contribution in [-0.2, 0) is 0 Å². The smallest absolute Gasteiger partial charge is 0.335 e. The second kappa shape index (κ2) is 4.78.